The average molecular weight is 184 g/mol. The summed E-state index contributed by atoms with van der Waals surface area (Å²) in [7, 11) is 1.74. The molecule has 4 heteroatoms. The Morgan fingerprint density at radius 1 is 1.50 bits per heavy atom. The second kappa shape index (κ2) is 4.21. The molecular weight excluding hydrogens is 172 g/mol. The van der Waals surface area contributed by atoms with E-state index in [1.807, 2.05) is 12.2 Å². The second-order valence-electron chi connectivity index (χ2n) is 2.50. The Balaban J connectivity index is 2.70. The van der Waals surface area contributed by atoms with E-state index >= 15 is 0 Å². The molecule has 0 aliphatic heterocycles. The largest absolute Gasteiger partial charge is 0.328 e. The summed E-state index contributed by atoms with van der Waals surface area (Å²) >= 11 is 4.02. The third kappa shape index (κ3) is 2.04. The molecule has 0 amide bonds. The van der Waals surface area contributed by atoms with Gasteiger partial charge < -0.3 is 4.57 Å². The molecule has 0 aliphatic rings. The van der Waals surface area contributed by atoms with Gasteiger partial charge >= 0.3 is 5.69 Å². The van der Waals surface area contributed by atoms with Crippen LogP contribution in [-0.4, -0.2) is 14.9 Å². The van der Waals surface area contributed by atoms with Crippen molar-refractivity contribution in [3.05, 3.63) is 35.0 Å². The lowest BCUT2D eigenvalue weighted by molar-refractivity contribution is 0.730. The number of hydrogen-bond acceptors (Lipinski definition) is 2. The molecule has 12 heavy (non-hydrogen) atoms. The van der Waals surface area contributed by atoms with E-state index in [1.165, 1.54) is 0 Å². The number of aromatic nitrogens is 2. The van der Waals surface area contributed by atoms with Crippen molar-refractivity contribution in [1.82, 2.24) is 9.13 Å². The molecule has 0 aliphatic carbocycles. The molecule has 1 rings (SSSR count). The average Bonchev–Trinajstić information content (AvgIpc) is 2.36. The fraction of sp³-hybridized carbons (Fsp3) is 0.375. The van der Waals surface area contributed by atoms with Crippen molar-refractivity contribution in [2.24, 2.45) is 7.05 Å². The quantitative estimate of drug-likeness (QED) is 0.542. The highest BCUT2D eigenvalue weighted by Crippen LogP contribution is 1.85. The number of allylic oxidation sites excluding steroid dienone is 1. The van der Waals surface area contributed by atoms with Gasteiger partial charge in [-0.05, 0) is 0 Å². The topological polar surface area (TPSA) is 26.9 Å². The van der Waals surface area contributed by atoms with Crippen LogP contribution in [0.4, 0.5) is 0 Å². The van der Waals surface area contributed by atoms with Crippen LogP contribution in [0, 0.1) is 0 Å². The van der Waals surface area contributed by atoms with Crippen LogP contribution >= 0.6 is 12.6 Å². The Morgan fingerprint density at radius 2 is 2.25 bits per heavy atom. The monoisotopic (exact) mass is 184 g/mol. The highest BCUT2D eigenvalue weighted by Gasteiger charge is 1.94. The third-order valence-electron chi connectivity index (χ3n) is 1.59. The minimum atomic E-state index is 0.0128. The van der Waals surface area contributed by atoms with Gasteiger partial charge in [0.2, 0.25) is 0 Å². The fourth-order valence-electron chi connectivity index (χ4n) is 0.912. The Bertz CT molecular complexity index is 324. The van der Waals surface area contributed by atoms with Crippen LogP contribution in [0.3, 0.4) is 0 Å². The van der Waals surface area contributed by atoms with E-state index in [9.17, 15) is 4.79 Å². The first-order valence-corrected chi connectivity index (χ1v) is 4.36. The highest BCUT2D eigenvalue weighted by atomic mass is 32.1. The zero-order chi connectivity index (χ0) is 8.97. The normalized spacial score (nSPS) is 11.2. The number of hydrogen-bond donors (Lipinski definition) is 1. The van der Waals surface area contributed by atoms with Gasteiger partial charge in [0.25, 0.3) is 0 Å². The van der Waals surface area contributed by atoms with E-state index in [0.29, 0.717) is 12.3 Å². The van der Waals surface area contributed by atoms with Gasteiger partial charge in [-0.25, -0.2) is 4.79 Å². The molecule has 66 valence electrons. The predicted molar refractivity (Wildman–Crippen MR) is 52.7 cm³/mol. The minimum Gasteiger partial charge on any atom is -0.302 e. The molecular formula is C8H12N2OS. The lowest BCUT2D eigenvalue weighted by atomic mass is 10.5. The Hall–Kier alpha value is -0.900. The number of aryl methyl sites for hydroxylation is 1. The van der Waals surface area contributed by atoms with Crippen molar-refractivity contribution in [1.29, 1.82) is 0 Å². The van der Waals surface area contributed by atoms with Gasteiger partial charge in [-0.15, -0.1) is 0 Å². The predicted octanol–water partition coefficient (Wildman–Crippen LogP) is 0.673. The van der Waals surface area contributed by atoms with Gasteiger partial charge in [0.1, 0.15) is 0 Å². The van der Waals surface area contributed by atoms with E-state index < -0.39 is 0 Å². The first kappa shape index (κ1) is 9.19. The van der Waals surface area contributed by atoms with Crippen LogP contribution in [0.5, 0.6) is 0 Å². The Labute approximate surface area is 76.7 Å². The van der Waals surface area contributed by atoms with Gasteiger partial charge in [0.05, 0.1) is 0 Å². The Kier molecular flexibility index (Phi) is 3.22. The fourth-order valence-corrected chi connectivity index (χ4v) is 1.06. The first-order valence-electron chi connectivity index (χ1n) is 3.73. The van der Waals surface area contributed by atoms with Gasteiger partial charge in [-0.3, -0.25) is 4.57 Å². The number of imidazole rings is 1. The summed E-state index contributed by atoms with van der Waals surface area (Å²) in [6, 6.07) is 0. The van der Waals surface area contributed by atoms with E-state index in [2.05, 4.69) is 12.6 Å². The van der Waals surface area contributed by atoms with Crippen LogP contribution in [-0.2, 0) is 13.6 Å². The van der Waals surface area contributed by atoms with Crippen molar-refractivity contribution >= 4 is 12.6 Å². The van der Waals surface area contributed by atoms with Crippen molar-refractivity contribution in [2.75, 3.05) is 5.75 Å². The smallest absolute Gasteiger partial charge is 0.302 e. The van der Waals surface area contributed by atoms with Gasteiger partial charge in [0, 0.05) is 31.7 Å². The molecule has 0 atom stereocenters. The summed E-state index contributed by atoms with van der Waals surface area (Å²) in [5.74, 6) is 0.710. The molecule has 0 saturated carbocycles. The summed E-state index contributed by atoms with van der Waals surface area (Å²) in [5.41, 5.74) is 0.0128. The summed E-state index contributed by atoms with van der Waals surface area (Å²) < 4.78 is 3.19. The molecule has 1 aromatic rings. The molecule has 0 fully saturated rings. The highest BCUT2D eigenvalue weighted by molar-refractivity contribution is 7.80. The van der Waals surface area contributed by atoms with Crippen LogP contribution in [0.1, 0.15) is 0 Å². The number of rotatable bonds is 3. The maximum absolute atomic E-state index is 11.2. The van der Waals surface area contributed by atoms with Gasteiger partial charge in [0.15, 0.2) is 0 Å². The molecule has 1 heterocycles. The van der Waals surface area contributed by atoms with Crippen molar-refractivity contribution < 1.29 is 0 Å². The molecule has 0 bridgehead atoms. The van der Waals surface area contributed by atoms with Crippen LogP contribution in [0.2, 0.25) is 0 Å². The standard InChI is InChI=1S/C8H12N2OS/c1-9-5-6-10(8(9)11)4-2-3-7-12/h2-3,5-6,12H,4,7H2,1H3/b3-2+. The zero-order valence-corrected chi connectivity index (χ0v) is 7.87. The van der Waals surface area contributed by atoms with Crippen molar-refractivity contribution in [2.45, 2.75) is 6.54 Å². The summed E-state index contributed by atoms with van der Waals surface area (Å²) in [5, 5.41) is 0. The zero-order valence-electron chi connectivity index (χ0n) is 6.97. The molecule has 0 radical (unpaired) electrons. The van der Waals surface area contributed by atoms with Crippen LogP contribution in [0.15, 0.2) is 29.3 Å². The summed E-state index contributed by atoms with van der Waals surface area (Å²) in [6.45, 7) is 0.625. The van der Waals surface area contributed by atoms with E-state index in [-0.39, 0.29) is 5.69 Å². The lowest BCUT2D eigenvalue weighted by Crippen LogP contribution is -2.21. The van der Waals surface area contributed by atoms with Gasteiger partial charge in [-0.1, -0.05) is 12.2 Å². The van der Waals surface area contributed by atoms with Crippen LogP contribution in [0.25, 0.3) is 0 Å². The SMILES string of the molecule is Cn1ccn(C/C=C/CS)c1=O. The lowest BCUT2D eigenvalue weighted by Gasteiger charge is -1.92. The summed E-state index contributed by atoms with van der Waals surface area (Å²) in [4.78, 5) is 11.2. The third-order valence-corrected chi connectivity index (χ3v) is 1.80. The number of nitrogens with zero attached hydrogens (tertiary/aromatic N) is 2. The van der Waals surface area contributed by atoms with E-state index in [4.69, 9.17) is 0 Å². The molecule has 3 nitrogen and oxygen atoms in total. The second-order valence-corrected chi connectivity index (χ2v) is 2.86. The molecule has 0 unspecified atom stereocenters. The maximum atomic E-state index is 11.2. The van der Waals surface area contributed by atoms with Crippen molar-refractivity contribution in [3.8, 4) is 0 Å². The molecule has 0 spiro atoms. The van der Waals surface area contributed by atoms with E-state index in [1.54, 1.807) is 28.6 Å². The van der Waals surface area contributed by atoms with Crippen molar-refractivity contribution in [3.63, 3.8) is 0 Å². The minimum absolute atomic E-state index is 0.0128. The molecule has 1 aromatic heterocycles. The first-order chi connectivity index (χ1) is 5.75. The maximum Gasteiger partial charge on any atom is 0.328 e. The molecule has 0 saturated heterocycles. The summed E-state index contributed by atoms with van der Waals surface area (Å²) in [6.07, 6.45) is 7.36. The van der Waals surface area contributed by atoms with Gasteiger partial charge in [-0.2, -0.15) is 12.6 Å². The molecule has 0 N–H and O–H groups in total. The van der Waals surface area contributed by atoms with E-state index in [0.717, 1.165) is 0 Å². The van der Waals surface area contributed by atoms with Crippen LogP contribution < -0.4 is 5.69 Å². The number of thiol groups is 1. The Morgan fingerprint density at radius 3 is 2.75 bits per heavy atom. The molecule has 0 aromatic carbocycles.